The van der Waals surface area contributed by atoms with Crippen molar-refractivity contribution in [2.24, 2.45) is 0 Å². The zero-order valence-corrected chi connectivity index (χ0v) is 19.6. The lowest BCUT2D eigenvalue weighted by Crippen LogP contribution is -2.39. The Kier molecular flexibility index (Phi) is 6.79. The van der Waals surface area contributed by atoms with Gasteiger partial charge in [0, 0.05) is 17.0 Å². The van der Waals surface area contributed by atoms with E-state index in [1.807, 2.05) is 13.0 Å². The fourth-order valence-corrected chi connectivity index (χ4v) is 6.49. The SMILES string of the molecule is CC(NS(=O)(=O)c1ccc(Cl)cc1)C1CCCc2c(OCC(=O)O)cc3c(c21)CCCC3. The van der Waals surface area contributed by atoms with Crippen LogP contribution in [0.2, 0.25) is 5.02 Å². The molecular formula is C24H28ClNO5S. The van der Waals surface area contributed by atoms with E-state index in [1.165, 1.54) is 28.8 Å². The summed E-state index contributed by atoms with van der Waals surface area (Å²) >= 11 is 5.91. The van der Waals surface area contributed by atoms with Crippen LogP contribution in [0.5, 0.6) is 5.75 Å². The van der Waals surface area contributed by atoms with E-state index < -0.39 is 16.0 Å². The number of benzene rings is 2. The molecule has 2 N–H and O–H groups in total. The zero-order valence-electron chi connectivity index (χ0n) is 18.1. The van der Waals surface area contributed by atoms with Crippen molar-refractivity contribution in [1.29, 1.82) is 0 Å². The Morgan fingerprint density at radius 3 is 2.56 bits per heavy atom. The smallest absolute Gasteiger partial charge is 0.341 e. The molecule has 8 heteroatoms. The van der Waals surface area contributed by atoms with E-state index in [0.29, 0.717) is 10.8 Å². The molecule has 0 saturated carbocycles. The number of carboxylic acids is 1. The summed E-state index contributed by atoms with van der Waals surface area (Å²) in [5, 5.41) is 9.59. The second-order valence-corrected chi connectivity index (χ2v) is 10.8. The van der Waals surface area contributed by atoms with E-state index in [4.69, 9.17) is 21.4 Å². The molecule has 0 spiro atoms. The van der Waals surface area contributed by atoms with Gasteiger partial charge in [0.05, 0.1) is 4.90 Å². The van der Waals surface area contributed by atoms with E-state index in [9.17, 15) is 13.2 Å². The number of halogens is 1. The highest BCUT2D eigenvalue weighted by atomic mass is 35.5. The Labute approximate surface area is 194 Å². The Morgan fingerprint density at radius 2 is 1.84 bits per heavy atom. The first kappa shape index (κ1) is 23.1. The monoisotopic (exact) mass is 477 g/mol. The molecular weight excluding hydrogens is 450 g/mol. The van der Waals surface area contributed by atoms with Crippen LogP contribution in [0.3, 0.4) is 0 Å². The van der Waals surface area contributed by atoms with Gasteiger partial charge in [0.1, 0.15) is 5.75 Å². The van der Waals surface area contributed by atoms with Crippen LogP contribution in [-0.4, -0.2) is 32.1 Å². The molecule has 0 radical (unpaired) electrons. The van der Waals surface area contributed by atoms with Gasteiger partial charge in [0.25, 0.3) is 0 Å². The second kappa shape index (κ2) is 9.41. The second-order valence-electron chi connectivity index (χ2n) is 8.66. The maximum Gasteiger partial charge on any atom is 0.341 e. The summed E-state index contributed by atoms with van der Waals surface area (Å²) in [5.41, 5.74) is 4.71. The fourth-order valence-electron chi connectivity index (χ4n) is 5.08. The minimum atomic E-state index is -3.70. The maximum atomic E-state index is 13.0. The van der Waals surface area contributed by atoms with Crippen molar-refractivity contribution in [3.05, 3.63) is 57.6 Å². The number of carboxylic acid groups (broad SMARTS) is 1. The molecule has 4 rings (SSSR count). The van der Waals surface area contributed by atoms with Crippen molar-refractivity contribution in [2.45, 2.75) is 68.7 Å². The molecule has 0 heterocycles. The van der Waals surface area contributed by atoms with Crippen molar-refractivity contribution in [3.8, 4) is 5.75 Å². The van der Waals surface area contributed by atoms with Crippen LogP contribution in [0.1, 0.15) is 60.8 Å². The molecule has 2 aliphatic rings. The molecule has 2 aromatic carbocycles. The van der Waals surface area contributed by atoms with Crippen molar-refractivity contribution in [2.75, 3.05) is 6.61 Å². The standard InChI is InChI=1S/C24H28ClNO5S/c1-15(26-32(29,30)18-11-9-17(25)10-12-18)19-7-4-8-21-22(31-14-23(27)28)13-16-5-2-3-6-20(16)24(19)21/h9-13,15,19,26H,2-8,14H2,1H3,(H,27,28). The van der Waals surface area contributed by atoms with Crippen LogP contribution in [0.4, 0.5) is 0 Å². The molecule has 172 valence electrons. The number of fused-ring (bicyclic) bond motifs is 3. The third-order valence-corrected chi connectivity index (χ3v) is 8.32. The van der Waals surface area contributed by atoms with E-state index in [1.54, 1.807) is 12.1 Å². The zero-order chi connectivity index (χ0) is 22.9. The molecule has 6 nitrogen and oxygen atoms in total. The van der Waals surface area contributed by atoms with Crippen LogP contribution in [0.25, 0.3) is 0 Å². The first-order valence-electron chi connectivity index (χ1n) is 11.1. The lowest BCUT2D eigenvalue weighted by atomic mass is 9.73. The summed E-state index contributed by atoms with van der Waals surface area (Å²) in [6.07, 6.45) is 6.66. The van der Waals surface area contributed by atoms with Gasteiger partial charge < -0.3 is 9.84 Å². The summed E-state index contributed by atoms with van der Waals surface area (Å²) in [6, 6.07) is 7.84. The number of aliphatic carboxylic acids is 1. The Morgan fingerprint density at radius 1 is 1.16 bits per heavy atom. The first-order chi connectivity index (χ1) is 15.3. The molecule has 0 aliphatic heterocycles. The molecule has 0 bridgehead atoms. The highest BCUT2D eigenvalue weighted by Crippen LogP contribution is 2.44. The number of rotatable bonds is 7. The fraction of sp³-hybridized carbons (Fsp3) is 0.458. The average molecular weight is 478 g/mol. The maximum absolute atomic E-state index is 13.0. The van der Waals surface area contributed by atoms with Crippen LogP contribution < -0.4 is 9.46 Å². The van der Waals surface area contributed by atoms with Gasteiger partial charge in [-0.1, -0.05) is 11.6 Å². The van der Waals surface area contributed by atoms with Gasteiger partial charge in [0.15, 0.2) is 6.61 Å². The molecule has 32 heavy (non-hydrogen) atoms. The van der Waals surface area contributed by atoms with E-state index in [0.717, 1.165) is 50.5 Å². The largest absolute Gasteiger partial charge is 0.482 e. The lowest BCUT2D eigenvalue weighted by Gasteiger charge is -2.36. The highest BCUT2D eigenvalue weighted by Gasteiger charge is 2.34. The number of ether oxygens (including phenoxy) is 1. The topological polar surface area (TPSA) is 92.7 Å². The third kappa shape index (κ3) is 4.80. The van der Waals surface area contributed by atoms with Crippen molar-refractivity contribution in [1.82, 2.24) is 4.72 Å². The third-order valence-electron chi connectivity index (χ3n) is 6.50. The first-order valence-corrected chi connectivity index (χ1v) is 12.9. The van der Waals surface area contributed by atoms with Gasteiger partial charge in [-0.2, -0.15) is 0 Å². The molecule has 2 atom stereocenters. The molecule has 0 saturated heterocycles. The summed E-state index contributed by atoms with van der Waals surface area (Å²) in [4.78, 5) is 11.3. The van der Waals surface area contributed by atoms with Gasteiger partial charge in [-0.15, -0.1) is 0 Å². The van der Waals surface area contributed by atoms with Crippen LogP contribution >= 0.6 is 11.6 Å². The van der Waals surface area contributed by atoms with Crippen molar-refractivity contribution < 1.29 is 23.1 Å². The minimum absolute atomic E-state index is 0.000975. The van der Waals surface area contributed by atoms with Crippen LogP contribution in [0, 0.1) is 0 Å². The number of aryl methyl sites for hydroxylation is 1. The molecule has 2 unspecified atom stereocenters. The number of carbonyl (C=O) groups is 1. The van der Waals surface area contributed by atoms with E-state index in [2.05, 4.69) is 4.72 Å². The van der Waals surface area contributed by atoms with Gasteiger partial charge >= 0.3 is 5.97 Å². The molecule has 2 aliphatic carbocycles. The Hall–Kier alpha value is -2.09. The molecule has 2 aromatic rings. The van der Waals surface area contributed by atoms with E-state index in [-0.39, 0.29) is 23.5 Å². The van der Waals surface area contributed by atoms with Gasteiger partial charge in [-0.3, -0.25) is 0 Å². The summed E-state index contributed by atoms with van der Waals surface area (Å²) in [5.74, 6) is -0.366. The average Bonchev–Trinajstić information content (AvgIpc) is 2.77. The molecule has 0 fully saturated rings. The van der Waals surface area contributed by atoms with Crippen LogP contribution in [-0.2, 0) is 34.1 Å². The minimum Gasteiger partial charge on any atom is -0.482 e. The summed E-state index contributed by atoms with van der Waals surface area (Å²) < 4.78 is 34.6. The van der Waals surface area contributed by atoms with Crippen molar-refractivity contribution in [3.63, 3.8) is 0 Å². The van der Waals surface area contributed by atoms with Gasteiger partial charge in [0.2, 0.25) is 10.0 Å². The highest BCUT2D eigenvalue weighted by molar-refractivity contribution is 7.89. The van der Waals surface area contributed by atoms with Crippen LogP contribution in [0.15, 0.2) is 35.2 Å². The van der Waals surface area contributed by atoms with Crippen molar-refractivity contribution >= 4 is 27.6 Å². The number of nitrogens with one attached hydrogen (secondary N) is 1. The number of sulfonamides is 1. The Balaban J connectivity index is 1.69. The normalized spacial score (nSPS) is 19.0. The predicted octanol–water partition coefficient (Wildman–Crippen LogP) is 4.47. The summed E-state index contributed by atoms with van der Waals surface area (Å²) in [6.45, 7) is 1.53. The number of hydrogen-bond acceptors (Lipinski definition) is 4. The quantitative estimate of drug-likeness (QED) is 0.613. The van der Waals surface area contributed by atoms with Gasteiger partial charge in [-0.25, -0.2) is 17.9 Å². The number of hydrogen-bond donors (Lipinski definition) is 2. The lowest BCUT2D eigenvalue weighted by molar-refractivity contribution is -0.139. The summed E-state index contributed by atoms with van der Waals surface area (Å²) in [7, 11) is -3.70. The molecule has 0 amide bonds. The molecule has 0 aromatic heterocycles. The van der Waals surface area contributed by atoms with Gasteiger partial charge in [-0.05, 0) is 104 Å². The predicted molar refractivity (Wildman–Crippen MR) is 123 cm³/mol. The van der Waals surface area contributed by atoms with E-state index >= 15 is 0 Å². The Bertz CT molecular complexity index is 1110.